The van der Waals surface area contributed by atoms with E-state index in [0.717, 1.165) is 22.2 Å². The molecule has 0 atom stereocenters. The van der Waals surface area contributed by atoms with Crippen LogP contribution in [0.3, 0.4) is 0 Å². The molecule has 4 rings (SSSR count). The van der Waals surface area contributed by atoms with Gasteiger partial charge < -0.3 is 10.6 Å². The number of anilines is 2. The van der Waals surface area contributed by atoms with E-state index in [1.807, 2.05) is 39.0 Å². The summed E-state index contributed by atoms with van der Waals surface area (Å²) in [5, 5.41) is 7.17. The molecule has 7 heteroatoms. The summed E-state index contributed by atoms with van der Waals surface area (Å²) >= 11 is 7.36. The van der Waals surface area contributed by atoms with Crippen LogP contribution in [0.1, 0.15) is 36.9 Å². The first kappa shape index (κ1) is 21.0. The van der Waals surface area contributed by atoms with Crippen molar-refractivity contribution in [1.82, 2.24) is 4.98 Å². The van der Waals surface area contributed by atoms with Crippen LogP contribution in [-0.2, 0) is 0 Å². The van der Waals surface area contributed by atoms with Crippen molar-refractivity contribution in [2.75, 3.05) is 10.6 Å². The Hall–Kier alpha value is -3.22. The van der Waals surface area contributed by atoms with Crippen LogP contribution in [0, 0.1) is 20.8 Å². The molecule has 0 unspecified atom stereocenters. The van der Waals surface area contributed by atoms with E-state index < -0.39 is 0 Å². The van der Waals surface area contributed by atoms with Gasteiger partial charge in [0.15, 0.2) is 0 Å². The zero-order chi connectivity index (χ0) is 22.1. The summed E-state index contributed by atoms with van der Waals surface area (Å²) in [5.74, 6) is -0.609. The van der Waals surface area contributed by atoms with Crippen LogP contribution in [0.4, 0.5) is 11.4 Å². The number of benzene rings is 2. The first-order valence-corrected chi connectivity index (χ1v) is 10.9. The summed E-state index contributed by atoms with van der Waals surface area (Å²) in [5.41, 5.74) is 4.28. The number of thiophene rings is 1. The molecular weight excluding hydrogens is 430 g/mol. The number of halogens is 1. The number of rotatable bonds is 4. The van der Waals surface area contributed by atoms with Gasteiger partial charge in [-0.3, -0.25) is 9.59 Å². The smallest absolute Gasteiger partial charge is 0.267 e. The van der Waals surface area contributed by atoms with Crippen LogP contribution in [-0.4, -0.2) is 16.8 Å². The van der Waals surface area contributed by atoms with Crippen molar-refractivity contribution in [3.8, 4) is 0 Å². The Balaban J connectivity index is 1.79. The van der Waals surface area contributed by atoms with Crippen LogP contribution >= 0.6 is 22.9 Å². The monoisotopic (exact) mass is 449 g/mol. The predicted octanol–water partition coefficient (Wildman–Crippen LogP) is 6.38. The molecule has 2 aromatic carbocycles. The number of nitrogens with one attached hydrogen (secondary N) is 2. The standard InChI is InChI=1S/C24H20ClN3O2S/c1-13-9-10-17(25)12-18(13)27-23(30)21-20(28-22(29)16-7-5-4-6-8-16)19-14(2)11-15(3)26-24(19)31-21/h4-12H,1-3H3,(H,27,30)(H,28,29). The average molecular weight is 450 g/mol. The zero-order valence-electron chi connectivity index (χ0n) is 17.2. The van der Waals surface area contributed by atoms with E-state index in [0.29, 0.717) is 31.7 Å². The summed E-state index contributed by atoms with van der Waals surface area (Å²) in [7, 11) is 0. The van der Waals surface area contributed by atoms with Gasteiger partial charge in [-0.25, -0.2) is 4.98 Å². The van der Waals surface area contributed by atoms with Crippen molar-refractivity contribution >= 4 is 56.3 Å². The number of carbonyl (C=O) groups is 2. The molecule has 0 saturated heterocycles. The van der Waals surface area contributed by atoms with Crippen LogP contribution < -0.4 is 10.6 Å². The first-order chi connectivity index (χ1) is 14.8. The highest BCUT2D eigenvalue weighted by molar-refractivity contribution is 7.21. The number of amides is 2. The normalized spacial score (nSPS) is 10.8. The molecule has 0 aliphatic rings. The van der Waals surface area contributed by atoms with Crippen molar-refractivity contribution < 1.29 is 9.59 Å². The first-order valence-electron chi connectivity index (χ1n) is 9.68. The molecular formula is C24H20ClN3O2S. The van der Waals surface area contributed by atoms with Gasteiger partial charge in [-0.1, -0.05) is 35.9 Å². The Kier molecular flexibility index (Phi) is 5.76. The summed E-state index contributed by atoms with van der Waals surface area (Å²) in [6.45, 7) is 5.75. The topological polar surface area (TPSA) is 71.1 Å². The predicted molar refractivity (Wildman–Crippen MR) is 128 cm³/mol. The maximum Gasteiger partial charge on any atom is 0.267 e. The number of pyridine rings is 1. The van der Waals surface area contributed by atoms with Gasteiger partial charge in [-0.05, 0) is 62.2 Å². The Labute approximate surface area is 189 Å². The molecule has 2 N–H and O–H groups in total. The summed E-state index contributed by atoms with van der Waals surface area (Å²) < 4.78 is 0. The van der Waals surface area contributed by atoms with E-state index in [1.165, 1.54) is 11.3 Å². The van der Waals surface area contributed by atoms with Gasteiger partial charge in [0.25, 0.3) is 11.8 Å². The summed E-state index contributed by atoms with van der Waals surface area (Å²) in [6.07, 6.45) is 0. The number of hydrogen-bond donors (Lipinski definition) is 2. The van der Waals surface area contributed by atoms with Crippen molar-refractivity contribution in [3.05, 3.63) is 86.9 Å². The SMILES string of the molecule is Cc1cc(C)c2c(NC(=O)c3ccccc3)c(C(=O)Nc3cc(Cl)ccc3C)sc2n1. The third-order valence-electron chi connectivity index (χ3n) is 4.92. The van der Waals surface area contributed by atoms with Crippen LogP contribution in [0.5, 0.6) is 0 Å². The maximum atomic E-state index is 13.3. The molecule has 5 nitrogen and oxygen atoms in total. The zero-order valence-corrected chi connectivity index (χ0v) is 18.8. The van der Waals surface area contributed by atoms with Gasteiger partial charge in [-0.2, -0.15) is 0 Å². The number of fused-ring (bicyclic) bond motifs is 1. The van der Waals surface area contributed by atoms with E-state index in [4.69, 9.17) is 11.6 Å². The number of carbonyl (C=O) groups excluding carboxylic acids is 2. The van der Waals surface area contributed by atoms with Gasteiger partial charge in [0.1, 0.15) is 9.71 Å². The highest BCUT2D eigenvalue weighted by Crippen LogP contribution is 2.38. The van der Waals surface area contributed by atoms with Crippen LogP contribution in [0.2, 0.25) is 5.02 Å². The Morgan fingerprint density at radius 1 is 0.903 bits per heavy atom. The number of aryl methyl sites for hydroxylation is 3. The minimum Gasteiger partial charge on any atom is -0.321 e. The Morgan fingerprint density at radius 2 is 1.65 bits per heavy atom. The molecule has 0 bridgehead atoms. The van der Waals surface area contributed by atoms with Gasteiger partial charge in [-0.15, -0.1) is 11.3 Å². The minimum absolute atomic E-state index is 0.284. The molecule has 156 valence electrons. The second-order valence-electron chi connectivity index (χ2n) is 7.30. The highest BCUT2D eigenvalue weighted by atomic mass is 35.5. The lowest BCUT2D eigenvalue weighted by Gasteiger charge is -2.11. The molecule has 2 aromatic heterocycles. The van der Waals surface area contributed by atoms with E-state index in [2.05, 4.69) is 15.6 Å². The molecule has 0 aliphatic heterocycles. The van der Waals surface area contributed by atoms with E-state index in [9.17, 15) is 9.59 Å². The molecule has 0 fully saturated rings. The summed E-state index contributed by atoms with van der Waals surface area (Å²) in [6, 6.07) is 16.2. The Morgan fingerprint density at radius 3 is 2.39 bits per heavy atom. The third kappa shape index (κ3) is 4.31. The van der Waals surface area contributed by atoms with E-state index in [-0.39, 0.29) is 11.8 Å². The number of aromatic nitrogens is 1. The van der Waals surface area contributed by atoms with E-state index in [1.54, 1.807) is 36.4 Å². The lowest BCUT2D eigenvalue weighted by Crippen LogP contribution is -2.17. The second-order valence-corrected chi connectivity index (χ2v) is 8.74. The largest absolute Gasteiger partial charge is 0.321 e. The van der Waals surface area contributed by atoms with Gasteiger partial charge >= 0.3 is 0 Å². The average Bonchev–Trinajstić information content (AvgIpc) is 3.09. The van der Waals surface area contributed by atoms with Gasteiger partial charge in [0.2, 0.25) is 0 Å². The summed E-state index contributed by atoms with van der Waals surface area (Å²) in [4.78, 5) is 31.8. The van der Waals surface area contributed by atoms with Gasteiger partial charge in [0, 0.05) is 27.4 Å². The molecule has 31 heavy (non-hydrogen) atoms. The number of hydrogen-bond acceptors (Lipinski definition) is 4. The van der Waals surface area contributed by atoms with Gasteiger partial charge in [0.05, 0.1) is 5.69 Å². The van der Waals surface area contributed by atoms with Crippen molar-refractivity contribution in [2.45, 2.75) is 20.8 Å². The number of nitrogens with zero attached hydrogens (tertiary/aromatic N) is 1. The van der Waals surface area contributed by atoms with Crippen molar-refractivity contribution in [1.29, 1.82) is 0 Å². The molecule has 4 aromatic rings. The van der Waals surface area contributed by atoms with Crippen LogP contribution in [0.25, 0.3) is 10.2 Å². The third-order valence-corrected chi connectivity index (χ3v) is 6.23. The molecule has 0 spiro atoms. The molecule has 0 saturated carbocycles. The quantitative estimate of drug-likeness (QED) is 0.379. The lowest BCUT2D eigenvalue weighted by atomic mass is 10.1. The molecule has 0 radical (unpaired) electrons. The maximum absolute atomic E-state index is 13.3. The van der Waals surface area contributed by atoms with Crippen LogP contribution in [0.15, 0.2) is 54.6 Å². The lowest BCUT2D eigenvalue weighted by molar-refractivity contribution is 0.102. The highest BCUT2D eigenvalue weighted by Gasteiger charge is 2.23. The molecule has 0 aliphatic carbocycles. The van der Waals surface area contributed by atoms with Crippen molar-refractivity contribution in [2.24, 2.45) is 0 Å². The van der Waals surface area contributed by atoms with E-state index >= 15 is 0 Å². The fraction of sp³-hybridized carbons (Fsp3) is 0.125. The Bertz CT molecular complexity index is 1320. The second kappa shape index (κ2) is 8.49. The van der Waals surface area contributed by atoms with Crippen molar-refractivity contribution in [3.63, 3.8) is 0 Å². The molecule has 2 amide bonds. The minimum atomic E-state index is -0.325. The molecule has 2 heterocycles. The fourth-order valence-electron chi connectivity index (χ4n) is 3.40. The fourth-order valence-corrected chi connectivity index (χ4v) is 4.72.